The van der Waals surface area contributed by atoms with Crippen LogP contribution in [0.5, 0.6) is 0 Å². The van der Waals surface area contributed by atoms with Crippen LogP contribution in [0.3, 0.4) is 0 Å². The predicted molar refractivity (Wildman–Crippen MR) is 63.7 cm³/mol. The van der Waals surface area contributed by atoms with E-state index in [0.717, 1.165) is 21.8 Å². The zero-order valence-corrected chi connectivity index (χ0v) is 9.07. The molecule has 1 aromatic heterocycles. The lowest BCUT2D eigenvalue weighted by molar-refractivity contribution is 0.553. The summed E-state index contributed by atoms with van der Waals surface area (Å²) in [5, 5.41) is 0. The Kier molecular flexibility index (Phi) is 1.87. The second kappa shape index (κ2) is 3.12. The predicted octanol–water partition coefficient (Wildman–Crippen LogP) is 1.79. The van der Waals surface area contributed by atoms with Crippen molar-refractivity contribution in [3.63, 3.8) is 0 Å². The standard InChI is InChI=1S/C11H12N3S/c12-10-3-5-14(8-15-7-11(10)14)9-2-1-4-13-6-9/h1-6H,7-8,12H2/q+1. The van der Waals surface area contributed by atoms with Gasteiger partial charge in [-0.15, -0.1) is 0 Å². The van der Waals surface area contributed by atoms with Crippen LogP contribution in [0.15, 0.2) is 48.2 Å². The molecule has 76 valence electrons. The third-order valence-electron chi connectivity index (χ3n) is 2.96. The maximum atomic E-state index is 5.99. The molecule has 0 aromatic carbocycles. The molecular weight excluding hydrogens is 206 g/mol. The minimum Gasteiger partial charge on any atom is -0.394 e. The number of aromatic nitrogens is 1. The van der Waals surface area contributed by atoms with Crippen molar-refractivity contribution in [2.45, 2.75) is 0 Å². The topological polar surface area (TPSA) is 38.9 Å². The van der Waals surface area contributed by atoms with Gasteiger partial charge in [-0.3, -0.25) is 4.98 Å². The Hall–Kier alpha value is -1.26. The highest BCUT2D eigenvalue weighted by atomic mass is 32.2. The molecule has 1 fully saturated rings. The normalized spacial score (nSPS) is 28.5. The lowest BCUT2D eigenvalue weighted by Gasteiger charge is -2.26. The lowest BCUT2D eigenvalue weighted by atomic mass is 10.3. The number of thioether (sulfide) groups is 1. The molecular formula is C11H12N3S+. The van der Waals surface area contributed by atoms with E-state index >= 15 is 0 Å². The van der Waals surface area contributed by atoms with Crippen molar-refractivity contribution in [1.82, 2.24) is 9.47 Å². The van der Waals surface area contributed by atoms with Crippen molar-refractivity contribution in [3.05, 3.63) is 48.2 Å². The quantitative estimate of drug-likeness (QED) is 0.730. The van der Waals surface area contributed by atoms with E-state index in [2.05, 4.69) is 17.3 Å². The molecule has 1 saturated heterocycles. The molecule has 0 amide bonds. The molecule has 2 aliphatic heterocycles. The summed E-state index contributed by atoms with van der Waals surface area (Å²) in [6.45, 7) is 0. The number of nitrogens with two attached hydrogens (primary N) is 1. The van der Waals surface area contributed by atoms with Crippen molar-refractivity contribution < 1.29 is 0 Å². The summed E-state index contributed by atoms with van der Waals surface area (Å²) in [5.74, 6) is 2.05. The molecule has 0 aliphatic carbocycles. The van der Waals surface area contributed by atoms with Gasteiger partial charge in [-0.25, -0.2) is 4.48 Å². The minimum atomic E-state index is 0.768. The maximum absolute atomic E-state index is 5.99. The van der Waals surface area contributed by atoms with Crippen molar-refractivity contribution in [2.75, 3.05) is 11.6 Å². The summed E-state index contributed by atoms with van der Waals surface area (Å²) in [6, 6.07) is 4.09. The number of hydrogen-bond donors (Lipinski definition) is 1. The maximum Gasteiger partial charge on any atom is 0.161 e. The third kappa shape index (κ3) is 1.15. The van der Waals surface area contributed by atoms with E-state index in [-0.39, 0.29) is 0 Å². The largest absolute Gasteiger partial charge is 0.394 e. The number of hydrogen-bond acceptors (Lipinski definition) is 3. The van der Waals surface area contributed by atoms with Gasteiger partial charge in [0.15, 0.2) is 11.4 Å². The van der Waals surface area contributed by atoms with Crippen molar-refractivity contribution in [3.8, 4) is 0 Å². The van der Waals surface area contributed by atoms with Gasteiger partial charge in [-0.2, -0.15) is 0 Å². The third-order valence-corrected chi connectivity index (χ3v) is 4.03. The van der Waals surface area contributed by atoms with Gasteiger partial charge in [0.1, 0.15) is 12.1 Å². The molecule has 1 unspecified atom stereocenters. The molecule has 0 saturated carbocycles. The van der Waals surface area contributed by atoms with Gasteiger partial charge in [0.2, 0.25) is 0 Å². The first-order chi connectivity index (χ1) is 7.33. The molecule has 0 spiro atoms. The summed E-state index contributed by atoms with van der Waals surface area (Å²) < 4.78 is 0.768. The molecule has 15 heavy (non-hydrogen) atoms. The highest BCUT2D eigenvalue weighted by Crippen LogP contribution is 2.42. The van der Waals surface area contributed by atoms with Crippen LogP contribution in [0.1, 0.15) is 0 Å². The van der Waals surface area contributed by atoms with Gasteiger partial charge in [0, 0.05) is 18.3 Å². The average Bonchev–Trinajstić information content (AvgIpc) is 2.83. The lowest BCUT2D eigenvalue weighted by Crippen LogP contribution is -2.37. The zero-order valence-electron chi connectivity index (χ0n) is 8.26. The molecule has 3 heterocycles. The number of allylic oxidation sites excluding steroid dienone is 1. The molecule has 0 bridgehead atoms. The van der Waals surface area contributed by atoms with Crippen LogP contribution < -0.4 is 10.2 Å². The monoisotopic (exact) mass is 218 g/mol. The van der Waals surface area contributed by atoms with E-state index in [1.54, 1.807) is 6.20 Å². The molecule has 0 radical (unpaired) electrons. The number of pyridine rings is 1. The SMILES string of the molecule is NC1=C2CSC[N+]2(c2cccnc2)C=C1. The average molecular weight is 218 g/mol. The van der Waals surface area contributed by atoms with Gasteiger partial charge >= 0.3 is 0 Å². The smallest absolute Gasteiger partial charge is 0.161 e. The first-order valence-electron chi connectivity index (χ1n) is 4.87. The Labute approximate surface area is 92.9 Å². The summed E-state index contributed by atoms with van der Waals surface area (Å²) in [6.07, 6.45) is 7.91. The number of rotatable bonds is 1. The van der Waals surface area contributed by atoms with Gasteiger partial charge < -0.3 is 5.73 Å². The number of quaternary nitrogens is 1. The fraction of sp³-hybridized carbons (Fsp3) is 0.182. The summed E-state index contributed by atoms with van der Waals surface area (Å²) in [4.78, 5) is 4.19. The second-order valence-corrected chi connectivity index (χ2v) is 4.73. The van der Waals surface area contributed by atoms with Crippen molar-refractivity contribution >= 4 is 17.4 Å². The summed E-state index contributed by atoms with van der Waals surface area (Å²) in [7, 11) is 0. The molecule has 3 nitrogen and oxygen atoms in total. The van der Waals surface area contributed by atoms with Gasteiger partial charge in [0.05, 0.1) is 17.6 Å². The van der Waals surface area contributed by atoms with Crippen LogP contribution >= 0.6 is 11.8 Å². The van der Waals surface area contributed by atoms with Gasteiger partial charge in [-0.05, 0) is 6.07 Å². The fourth-order valence-corrected chi connectivity index (χ4v) is 3.50. The van der Waals surface area contributed by atoms with Gasteiger partial charge in [-0.1, -0.05) is 11.8 Å². The van der Waals surface area contributed by atoms with Crippen LogP contribution in [-0.2, 0) is 0 Å². The van der Waals surface area contributed by atoms with E-state index in [9.17, 15) is 0 Å². The minimum absolute atomic E-state index is 0.768. The van der Waals surface area contributed by atoms with Crippen LogP contribution in [0.2, 0.25) is 0 Å². The molecule has 2 N–H and O–H groups in total. The van der Waals surface area contributed by atoms with E-state index < -0.39 is 0 Å². The Morgan fingerprint density at radius 2 is 2.40 bits per heavy atom. The Morgan fingerprint density at radius 3 is 3.20 bits per heavy atom. The summed E-state index contributed by atoms with van der Waals surface area (Å²) >= 11 is 1.92. The first kappa shape index (κ1) is 9.00. The van der Waals surface area contributed by atoms with Crippen LogP contribution in [0.25, 0.3) is 0 Å². The summed E-state index contributed by atoms with van der Waals surface area (Å²) in [5.41, 5.74) is 9.41. The van der Waals surface area contributed by atoms with Crippen LogP contribution in [0.4, 0.5) is 5.69 Å². The van der Waals surface area contributed by atoms with Gasteiger partial charge in [0.25, 0.3) is 0 Å². The Morgan fingerprint density at radius 1 is 1.47 bits per heavy atom. The van der Waals surface area contributed by atoms with E-state index in [1.165, 1.54) is 11.4 Å². The number of nitrogens with zero attached hydrogens (tertiary/aromatic N) is 2. The highest BCUT2D eigenvalue weighted by Gasteiger charge is 2.43. The van der Waals surface area contributed by atoms with Crippen LogP contribution in [0, 0.1) is 0 Å². The molecule has 4 heteroatoms. The fourth-order valence-electron chi connectivity index (χ4n) is 2.14. The molecule has 2 aliphatic rings. The van der Waals surface area contributed by atoms with Crippen molar-refractivity contribution in [2.24, 2.45) is 5.73 Å². The number of fused-ring (bicyclic) bond motifs is 1. The second-order valence-electron chi connectivity index (χ2n) is 3.78. The Bertz CT molecular complexity index is 452. The van der Waals surface area contributed by atoms with Crippen molar-refractivity contribution in [1.29, 1.82) is 0 Å². The first-order valence-corrected chi connectivity index (χ1v) is 6.03. The van der Waals surface area contributed by atoms with E-state index in [1.807, 2.05) is 30.1 Å². The van der Waals surface area contributed by atoms with Crippen LogP contribution in [-0.4, -0.2) is 16.6 Å². The van der Waals surface area contributed by atoms with E-state index in [0.29, 0.717) is 0 Å². The van der Waals surface area contributed by atoms with E-state index in [4.69, 9.17) is 5.73 Å². The molecule has 3 rings (SSSR count). The molecule has 1 aromatic rings. The molecule has 1 atom stereocenters. The zero-order chi connectivity index (χ0) is 10.3. The Balaban J connectivity index is 2.16. The highest BCUT2D eigenvalue weighted by molar-refractivity contribution is 7.99.